The van der Waals surface area contributed by atoms with Gasteiger partial charge in [-0.25, -0.2) is 9.48 Å². The van der Waals surface area contributed by atoms with Crippen molar-refractivity contribution in [3.63, 3.8) is 0 Å². The van der Waals surface area contributed by atoms with E-state index in [4.69, 9.17) is 4.74 Å². The number of aryl methyl sites for hydroxylation is 1. The number of benzene rings is 1. The number of rotatable bonds is 6. The fraction of sp³-hybridized carbons (Fsp3) is 0.200. The maximum Gasteiger partial charge on any atom is 0.373 e. The SMILES string of the molecule is CCCc1ccn(C=C(Oc2ccccc2)C(=O)O)n1. The highest BCUT2D eigenvalue weighted by atomic mass is 16.5. The van der Waals surface area contributed by atoms with E-state index in [1.165, 1.54) is 10.9 Å². The Labute approximate surface area is 117 Å². The standard InChI is InChI=1S/C15H16N2O3/c1-2-6-12-9-10-17(16-12)11-14(15(18)19)20-13-7-4-3-5-8-13/h3-5,7-11H,2,6H2,1H3,(H,18,19). The number of nitrogens with zero attached hydrogens (tertiary/aromatic N) is 2. The van der Waals surface area contributed by atoms with E-state index >= 15 is 0 Å². The van der Waals surface area contributed by atoms with Crippen LogP contribution in [0.15, 0.2) is 48.4 Å². The Bertz CT molecular complexity index is 603. The van der Waals surface area contributed by atoms with Crippen molar-refractivity contribution in [1.29, 1.82) is 0 Å². The second kappa shape index (κ2) is 6.56. The fourth-order valence-electron chi connectivity index (χ4n) is 1.70. The van der Waals surface area contributed by atoms with Crippen molar-refractivity contribution < 1.29 is 14.6 Å². The van der Waals surface area contributed by atoms with E-state index in [1.807, 2.05) is 12.1 Å². The number of para-hydroxylation sites is 1. The Balaban J connectivity index is 2.19. The molecular weight excluding hydrogens is 256 g/mol. The third-order valence-electron chi connectivity index (χ3n) is 2.60. The zero-order valence-corrected chi connectivity index (χ0v) is 11.2. The second-order valence-corrected chi connectivity index (χ2v) is 4.25. The molecule has 5 nitrogen and oxygen atoms in total. The van der Waals surface area contributed by atoms with Crippen LogP contribution in [0.2, 0.25) is 0 Å². The molecular formula is C15H16N2O3. The van der Waals surface area contributed by atoms with Crippen LogP contribution in [-0.4, -0.2) is 20.9 Å². The number of carboxylic acid groups (broad SMARTS) is 1. The van der Waals surface area contributed by atoms with Gasteiger partial charge in [-0.3, -0.25) is 0 Å². The maximum absolute atomic E-state index is 11.2. The number of aliphatic carboxylic acids is 1. The van der Waals surface area contributed by atoms with E-state index < -0.39 is 5.97 Å². The van der Waals surface area contributed by atoms with Crippen LogP contribution in [0, 0.1) is 0 Å². The number of carboxylic acids is 1. The van der Waals surface area contributed by atoms with Crippen molar-refractivity contribution in [2.45, 2.75) is 19.8 Å². The Morgan fingerprint density at radius 2 is 2.10 bits per heavy atom. The summed E-state index contributed by atoms with van der Waals surface area (Å²) in [4.78, 5) is 11.2. The Morgan fingerprint density at radius 1 is 1.35 bits per heavy atom. The lowest BCUT2D eigenvalue weighted by Crippen LogP contribution is -2.09. The van der Waals surface area contributed by atoms with Gasteiger partial charge in [0.15, 0.2) is 0 Å². The molecule has 0 fully saturated rings. The lowest BCUT2D eigenvalue weighted by Gasteiger charge is -2.05. The summed E-state index contributed by atoms with van der Waals surface area (Å²) in [5.41, 5.74) is 0.924. The molecule has 1 heterocycles. The number of aromatic nitrogens is 2. The van der Waals surface area contributed by atoms with Gasteiger partial charge in [0, 0.05) is 6.20 Å². The fourth-order valence-corrected chi connectivity index (χ4v) is 1.70. The Kier molecular flexibility index (Phi) is 4.55. The molecule has 0 aliphatic heterocycles. The first kappa shape index (κ1) is 13.9. The zero-order valence-electron chi connectivity index (χ0n) is 11.2. The molecule has 20 heavy (non-hydrogen) atoms. The first-order valence-electron chi connectivity index (χ1n) is 6.41. The molecule has 1 aromatic carbocycles. The smallest absolute Gasteiger partial charge is 0.373 e. The van der Waals surface area contributed by atoms with Crippen LogP contribution in [0.25, 0.3) is 6.20 Å². The van der Waals surface area contributed by atoms with Crippen molar-refractivity contribution in [3.8, 4) is 5.75 Å². The number of carbonyl (C=O) groups is 1. The van der Waals surface area contributed by atoms with Crippen LogP contribution in [0.3, 0.4) is 0 Å². The van der Waals surface area contributed by atoms with Crippen molar-refractivity contribution in [2.75, 3.05) is 0 Å². The van der Waals surface area contributed by atoms with Crippen LogP contribution in [0.4, 0.5) is 0 Å². The van der Waals surface area contributed by atoms with Gasteiger partial charge in [-0.1, -0.05) is 31.5 Å². The quantitative estimate of drug-likeness (QED) is 0.648. The molecule has 0 atom stereocenters. The van der Waals surface area contributed by atoms with Gasteiger partial charge in [0.1, 0.15) is 5.75 Å². The summed E-state index contributed by atoms with van der Waals surface area (Å²) in [7, 11) is 0. The number of hydrogen-bond acceptors (Lipinski definition) is 3. The van der Waals surface area contributed by atoms with Crippen molar-refractivity contribution >= 4 is 12.2 Å². The number of hydrogen-bond donors (Lipinski definition) is 1. The molecule has 0 aliphatic rings. The summed E-state index contributed by atoms with van der Waals surface area (Å²) in [5, 5.41) is 13.4. The highest BCUT2D eigenvalue weighted by molar-refractivity contribution is 5.88. The van der Waals surface area contributed by atoms with Crippen LogP contribution >= 0.6 is 0 Å². The third kappa shape index (κ3) is 3.71. The Hall–Kier alpha value is -2.56. The summed E-state index contributed by atoms with van der Waals surface area (Å²) in [6, 6.07) is 10.7. The van der Waals surface area contributed by atoms with Gasteiger partial charge in [0.2, 0.25) is 5.76 Å². The molecule has 104 valence electrons. The van der Waals surface area contributed by atoms with Gasteiger partial charge in [-0.15, -0.1) is 0 Å². The van der Waals surface area contributed by atoms with Crippen molar-refractivity contribution in [3.05, 3.63) is 54.0 Å². The van der Waals surface area contributed by atoms with Gasteiger partial charge >= 0.3 is 5.97 Å². The largest absolute Gasteiger partial charge is 0.475 e. The van der Waals surface area contributed by atoms with E-state index in [9.17, 15) is 9.90 Å². The second-order valence-electron chi connectivity index (χ2n) is 4.25. The summed E-state index contributed by atoms with van der Waals surface area (Å²) < 4.78 is 6.81. The van der Waals surface area contributed by atoms with Gasteiger partial charge in [0.25, 0.3) is 0 Å². The lowest BCUT2D eigenvalue weighted by atomic mass is 10.3. The molecule has 0 amide bonds. The monoisotopic (exact) mass is 272 g/mol. The topological polar surface area (TPSA) is 64.3 Å². The first-order chi connectivity index (χ1) is 9.69. The average molecular weight is 272 g/mol. The summed E-state index contributed by atoms with van der Waals surface area (Å²) in [5.74, 6) is -0.842. The van der Waals surface area contributed by atoms with Gasteiger partial charge in [0.05, 0.1) is 11.9 Å². The molecule has 1 N–H and O–H groups in total. The maximum atomic E-state index is 11.2. The highest BCUT2D eigenvalue weighted by Crippen LogP contribution is 2.13. The van der Waals surface area contributed by atoms with Gasteiger partial charge < -0.3 is 9.84 Å². The molecule has 1 aromatic heterocycles. The molecule has 0 saturated carbocycles. The lowest BCUT2D eigenvalue weighted by molar-refractivity contribution is -0.134. The molecule has 0 saturated heterocycles. The molecule has 5 heteroatoms. The molecule has 2 aromatic rings. The highest BCUT2D eigenvalue weighted by Gasteiger charge is 2.11. The normalized spacial score (nSPS) is 11.3. The van der Waals surface area contributed by atoms with E-state index in [0.717, 1.165) is 18.5 Å². The third-order valence-corrected chi connectivity index (χ3v) is 2.60. The minimum atomic E-state index is -1.14. The van der Waals surface area contributed by atoms with E-state index in [2.05, 4.69) is 12.0 Å². The molecule has 0 unspecified atom stereocenters. The van der Waals surface area contributed by atoms with Crippen LogP contribution in [0.5, 0.6) is 5.75 Å². The van der Waals surface area contributed by atoms with Crippen LogP contribution in [0.1, 0.15) is 19.0 Å². The van der Waals surface area contributed by atoms with E-state index in [0.29, 0.717) is 5.75 Å². The van der Waals surface area contributed by atoms with Gasteiger partial charge in [-0.05, 0) is 24.6 Å². The van der Waals surface area contributed by atoms with Crippen LogP contribution < -0.4 is 4.74 Å². The van der Waals surface area contributed by atoms with E-state index in [1.54, 1.807) is 30.5 Å². The van der Waals surface area contributed by atoms with Gasteiger partial charge in [-0.2, -0.15) is 5.10 Å². The molecule has 0 radical (unpaired) electrons. The Morgan fingerprint density at radius 3 is 2.75 bits per heavy atom. The number of ether oxygens (including phenoxy) is 1. The summed E-state index contributed by atoms with van der Waals surface area (Å²) in [6.07, 6.45) is 4.92. The minimum Gasteiger partial charge on any atom is -0.475 e. The molecule has 2 rings (SSSR count). The minimum absolute atomic E-state index is 0.178. The van der Waals surface area contributed by atoms with Crippen LogP contribution in [-0.2, 0) is 11.2 Å². The first-order valence-corrected chi connectivity index (χ1v) is 6.41. The predicted molar refractivity (Wildman–Crippen MR) is 75.2 cm³/mol. The molecule has 0 spiro atoms. The summed E-state index contributed by atoms with van der Waals surface area (Å²) >= 11 is 0. The summed E-state index contributed by atoms with van der Waals surface area (Å²) in [6.45, 7) is 2.07. The molecule has 0 bridgehead atoms. The van der Waals surface area contributed by atoms with E-state index in [-0.39, 0.29) is 5.76 Å². The molecule has 0 aliphatic carbocycles. The zero-order chi connectivity index (χ0) is 14.4. The van der Waals surface area contributed by atoms with Crippen molar-refractivity contribution in [2.24, 2.45) is 0 Å². The van der Waals surface area contributed by atoms with Crippen molar-refractivity contribution in [1.82, 2.24) is 9.78 Å². The average Bonchev–Trinajstić information content (AvgIpc) is 2.87. The predicted octanol–water partition coefficient (Wildman–Crippen LogP) is 2.80.